The summed E-state index contributed by atoms with van der Waals surface area (Å²) in [5.41, 5.74) is 0.286. The Bertz CT molecular complexity index is 884. The molecule has 0 unspecified atom stereocenters. The van der Waals surface area contributed by atoms with Crippen LogP contribution in [0, 0.1) is 23.0 Å². The molecule has 1 heterocycles. The number of hydrogen-bond donors (Lipinski definition) is 1. The first kappa shape index (κ1) is 28.1. The Morgan fingerprint density at radius 1 is 1.16 bits per heavy atom. The van der Waals surface area contributed by atoms with Crippen LogP contribution in [-0.4, -0.2) is 43.4 Å². The molecule has 0 aliphatic heterocycles. The average molecular weight is 460 g/mol. The Morgan fingerprint density at radius 2 is 1.74 bits per heavy atom. The van der Waals surface area contributed by atoms with E-state index in [0.29, 0.717) is 25.1 Å². The molecule has 0 radical (unpaired) electrons. The fourth-order valence-corrected chi connectivity index (χ4v) is 3.45. The molecule has 1 aromatic heterocycles. The first-order chi connectivity index (χ1) is 14.6. The smallest absolute Gasteiger partial charge is 0.391 e. The second-order valence-electron chi connectivity index (χ2n) is 5.98. The maximum absolute atomic E-state index is 11.7. The van der Waals surface area contributed by atoms with Gasteiger partial charge in [-0.05, 0) is 26.7 Å². The van der Waals surface area contributed by atoms with Gasteiger partial charge in [-0.25, -0.2) is 18.4 Å². The van der Waals surface area contributed by atoms with E-state index in [9.17, 15) is 13.2 Å². The number of hydrogen-bond acceptors (Lipinski definition) is 10. The topological polar surface area (TPSA) is 180 Å². The second kappa shape index (κ2) is 13.4. The molecule has 12 nitrogen and oxygen atoms in total. The van der Waals surface area contributed by atoms with Gasteiger partial charge in [-0.1, -0.05) is 20.3 Å². The van der Waals surface area contributed by atoms with Crippen LogP contribution < -0.4 is 5.14 Å². The highest BCUT2D eigenvalue weighted by Crippen LogP contribution is 2.22. The number of nitrogens with two attached hydrogens (primary N) is 1. The number of ether oxygens (including phenoxy) is 4. The van der Waals surface area contributed by atoms with Gasteiger partial charge < -0.3 is 18.9 Å². The number of esters is 1. The second-order valence-corrected chi connectivity index (χ2v) is 7.45. The molecule has 0 spiro atoms. The third-order valence-electron chi connectivity index (χ3n) is 3.75. The van der Waals surface area contributed by atoms with Gasteiger partial charge in [-0.15, -0.1) is 0 Å². The lowest BCUT2D eigenvalue weighted by atomic mass is 10.2. The Morgan fingerprint density at radius 3 is 2.13 bits per heavy atom. The monoisotopic (exact) mass is 459 g/mol. The van der Waals surface area contributed by atoms with Gasteiger partial charge in [-0.2, -0.15) is 15.6 Å². The van der Waals surface area contributed by atoms with E-state index < -0.39 is 22.0 Å². The molecule has 0 aliphatic rings. The van der Waals surface area contributed by atoms with Gasteiger partial charge in [0.05, 0.1) is 25.3 Å². The van der Waals surface area contributed by atoms with Gasteiger partial charge in [0.25, 0.3) is 22.5 Å². The van der Waals surface area contributed by atoms with Crippen molar-refractivity contribution < 1.29 is 32.2 Å². The van der Waals surface area contributed by atoms with Crippen molar-refractivity contribution in [1.29, 1.82) is 10.5 Å². The third kappa shape index (κ3) is 8.41. The number of nitriles is 2. The molecule has 31 heavy (non-hydrogen) atoms. The molecule has 2 N–H and O–H groups in total. The summed E-state index contributed by atoms with van der Waals surface area (Å²) in [5.74, 6) is -2.24. The zero-order valence-electron chi connectivity index (χ0n) is 18.4. The summed E-state index contributed by atoms with van der Waals surface area (Å²) in [4.78, 5) is 11.7. The van der Waals surface area contributed by atoms with Crippen molar-refractivity contribution in [1.82, 2.24) is 9.78 Å². The number of sulfonamides is 1. The summed E-state index contributed by atoms with van der Waals surface area (Å²) in [7, 11) is -2.60. The van der Waals surface area contributed by atoms with Gasteiger partial charge in [0.15, 0.2) is 5.03 Å². The van der Waals surface area contributed by atoms with Gasteiger partial charge in [0.2, 0.25) is 0 Å². The number of aromatic nitrogens is 2. The van der Waals surface area contributed by atoms with Crippen molar-refractivity contribution in [2.24, 2.45) is 12.2 Å². The normalized spacial score (nSPS) is 10.8. The Balaban J connectivity index is 0.000000594. The highest BCUT2D eigenvalue weighted by atomic mass is 32.2. The van der Waals surface area contributed by atoms with E-state index in [2.05, 4.69) is 14.6 Å². The number of rotatable bonds is 11. The molecule has 1 aromatic rings. The van der Waals surface area contributed by atoms with E-state index in [0.717, 1.165) is 17.5 Å². The molecular weight excluding hydrogens is 430 g/mol. The molecule has 1 rings (SSSR count). The van der Waals surface area contributed by atoms with Crippen molar-refractivity contribution in [2.75, 3.05) is 13.2 Å². The number of nitrogens with zero attached hydrogens (tertiary/aromatic N) is 4. The molecule has 0 fully saturated rings. The van der Waals surface area contributed by atoms with Crippen LogP contribution in [0.4, 0.5) is 0 Å². The molecule has 0 bridgehead atoms. The number of carbonyl (C=O) groups excluding carboxylic acids is 1. The highest BCUT2D eigenvalue weighted by molar-refractivity contribution is 7.89. The molecule has 174 valence electrons. The van der Waals surface area contributed by atoms with Crippen molar-refractivity contribution in [3.63, 3.8) is 0 Å². The largest absolute Gasteiger partial charge is 0.462 e. The van der Waals surface area contributed by atoms with Gasteiger partial charge >= 0.3 is 11.9 Å². The van der Waals surface area contributed by atoms with Gasteiger partial charge in [-0.3, -0.25) is 4.68 Å². The van der Waals surface area contributed by atoms with Crippen molar-refractivity contribution in [3.05, 3.63) is 11.3 Å². The molecule has 0 atom stereocenters. The fraction of sp³-hybridized carbons (Fsp3) is 0.667. The van der Waals surface area contributed by atoms with E-state index in [1.165, 1.54) is 19.6 Å². The summed E-state index contributed by atoms with van der Waals surface area (Å²) < 4.78 is 43.2. The summed E-state index contributed by atoms with van der Waals surface area (Å²) in [6, 6.07) is 0. The summed E-state index contributed by atoms with van der Waals surface area (Å²) in [5, 5.41) is 25.5. The maximum atomic E-state index is 11.7. The minimum Gasteiger partial charge on any atom is -0.462 e. The van der Waals surface area contributed by atoms with E-state index in [4.69, 9.17) is 25.1 Å². The quantitative estimate of drug-likeness (QED) is 0.290. The summed E-state index contributed by atoms with van der Waals surface area (Å²) in [6.07, 6.45) is 5.40. The van der Waals surface area contributed by atoms with Crippen molar-refractivity contribution >= 4 is 16.0 Å². The lowest BCUT2D eigenvalue weighted by molar-refractivity contribution is -0.333. The third-order valence-corrected chi connectivity index (χ3v) is 4.76. The van der Waals surface area contributed by atoms with E-state index in [-0.39, 0.29) is 17.2 Å². The number of unbranched alkanes of at least 4 members (excludes halogenated alkanes) is 1. The summed E-state index contributed by atoms with van der Waals surface area (Å²) in [6.45, 7) is 7.58. The van der Waals surface area contributed by atoms with Crippen LogP contribution in [0.3, 0.4) is 0 Å². The average Bonchev–Trinajstić information content (AvgIpc) is 3.04. The molecule has 0 aromatic carbocycles. The zero-order valence-corrected chi connectivity index (χ0v) is 19.2. The molecule has 0 saturated carbocycles. The van der Waals surface area contributed by atoms with Gasteiger partial charge in [0, 0.05) is 7.05 Å². The van der Waals surface area contributed by atoms with E-state index in [1.54, 1.807) is 20.8 Å². The predicted octanol–water partition coefficient (Wildman–Crippen LogP) is 1.67. The lowest BCUT2D eigenvalue weighted by Crippen LogP contribution is -2.36. The lowest BCUT2D eigenvalue weighted by Gasteiger charge is -2.25. The van der Waals surface area contributed by atoms with Crippen LogP contribution in [0.1, 0.15) is 63.0 Å². The first-order valence-electron chi connectivity index (χ1n) is 9.61. The maximum Gasteiger partial charge on any atom is 0.391 e. The van der Waals surface area contributed by atoms with Gasteiger partial charge in [0.1, 0.15) is 5.56 Å². The first-order valence-corrected chi connectivity index (χ1v) is 11.2. The molecule has 0 saturated heterocycles. The Kier molecular flexibility index (Phi) is 12.2. The molecule has 0 aliphatic carbocycles. The SMILES string of the molecule is CCCCC(OC#N)(OC#N)OCC.CCOC(=O)c1c(CC)nn(C)c1S(N)(=O)=O. The minimum atomic E-state index is -4.02. The molecule has 13 heteroatoms. The van der Waals surface area contributed by atoms with Crippen LogP contribution >= 0.6 is 0 Å². The number of primary sulfonamides is 1. The van der Waals surface area contributed by atoms with Crippen LogP contribution in [0.5, 0.6) is 0 Å². The van der Waals surface area contributed by atoms with Crippen LogP contribution in [-0.2, 0) is 42.4 Å². The molecular formula is C18H29N5O7S. The summed E-state index contributed by atoms with van der Waals surface area (Å²) >= 11 is 0. The van der Waals surface area contributed by atoms with Crippen molar-refractivity contribution in [2.45, 2.75) is 64.4 Å². The van der Waals surface area contributed by atoms with Crippen LogP contribution in [0.25, 0.3) is 0 Å². The highest BCUT2D eigenvalue weighted by Gasteiger charge is 2.35. The minimum absolute atomic E-state index is 0.0700. The van der Waals surface area contributed by atoms with Crippen LogP contribution in [0.2, 0.25) is 0 Å². The number of carbonyl (C=O) groups is 1. The molecule has 0 amide bonds. The van der Waals surface area contributed by atoms with Crippen LogP contribution in [0.15, 0.2) is 5.03 Å². The zero-order chi connectivity index (χ0) is 24.1. The predicted molar refractivity (Wildman–Crippen MR) is 107 cm³/mol. The Labute approximate surface area is 182 Å². The standard InChI is InChI=1S/C9H15N3O4S.C9H14N2O3/c1-4-6-7(9(13)16-5-2)8(12(3)11-6)17(10,14)15;1-3-5-6-9(12-4-2,13-7-10)14-8-11/h4-5H2,1-3H3,(H2,10,14,15);3-6H2,1-2H3. The van der Waals surface area contributed by atoms with E-state index >= 15 is 0 Å². The number of aryl methyl sites for hydroxylation is 2. The Hall–Kier alpha value is -2.87. The van der Waals surface area contributed by atoms with E-state index in [1.807, 2.05) is 6.92 Å². The fourth-order valence-electron chi connectivity index (χ4n) is 2.55. The van der Waals surface area contributed by atoms with Crippen molar-refractivity contribution in [3.8, 4) is 12.5 Å².